The van der Waals surface area contributed by atoms with Gasteiger partial charge in [0.15, 0.2) is 0 Å². The van der Waals surface area contributed by atoms with Crippen molar-refractivity contribution in [3.63, 3.8) is 0 Å². The number of thiazole rings is 1. The van der Waals surface area contributed by atoms with E-state index in [0.717, 1.165) is 23.5 Å². The minimum Gasteiger partial charge on any atom is -0.481 e. The van der Waals surface area contributed by atoms with Gasteiger partial charge in [-0.3, -0.25) is 9.59 Å². The number of hydrogen-bond donors (Lipinski definition) is 2. The predicted octanol–water partition coefficient (Wildman–Crippen LogP) is 3.28. The van der Waals surface area contributed by atoms with E-state index in [1.165, 1.54) is 11.3 Å². The van der Waals surface area contributed by atoms with Gasteiger partial charge in [-0.1, -0.05) is 19.1 Å². The van der Waals surface area contributed by atoms with E-state index in [1.807, 2.05) is 6.92 Å². The van der Waals surface area contributed by atoms with Gasteiger partial charge in [0, 0.05) is 5.69 Å². The molecule has 1 amide bonds. The van der Waals surface area contributed by atoms with Crippen LogP contribution in [0.3, 0.4) is 0 Å². The zero-order valence-electron chi connectivity index (χ0n) is 12.5. The molecule has 0 aliphatic carbocycles. The van der Waals surface area contributed by atoms with Crippen LogP contribution < -0.4 is 5.32 Å². The molecule has 0 radical (unpaired) electrons. The first-order valence-corrected chi connectivity index (χ1v) is 7.89. The molecule has 0 aliphatic heterocycles. The minimum atomic E-state index is -0.875. The Labute approximate surface area is 133 Å². The summed E-state index contributed by atoms with van der Waals surface area (Å²) < 4.78 is 0. The van der Waals surface area contributed by atoms with E-state index >= 15 is 0 Å². The van der Waals surface area contributed by atoms with Gasteiger partial charge in [0.1, 0.15) is 4.88 Å². The number of carboxylic acid groups (broad SMARTS) is 1. The zero-order chi connectivity index (χ0) is 16.1. The average molecular weight is 318 g/mol. The van der Waals surface area contributed by atoms with E-state index in [4.69, 9.17) is 5.11 Å². The van der Waals surface area contributed by atoms with Gasteiger partial charge in [-0.05, 0) is 37.5 Å². The van der Waals surface area contributed by atoms with Gasteiger partial charge < -0.3 is 10.4 Å². The molecule has 116 valence electrons. The van der Waals surface area contributed by atoms with E-state index in [1.54, 1.807) is 24.3 Å². The maximum Gasteiger partial charge on any atom is 0.307 e. The highest BCUT2D eigenvalue weighted by Gasteiger charge is 2.15. The number of aryl methyl sites for hydroxylation is 2. The summed E-state index contributed by atoms with van der Waals surface area (Å²) in [6, 6.07) is 6.82. The van der Waals surface area contributed by atoms with Crippen molar-refractivity contribution in [2.75, 3.05) is 5.32 Å². The van der Waals surface area contributed by atoms with Crippen LogP contribution in [0.1, 0.15) is 39.3 Å². The quantitative estimate of drug-likeness (QED) is 0.856. The largest absolute Gasteiger partial charge is 0.481 e. The van der Waals surface area contributed by atoms with Gasteiger partial charge in [-0.2, -0.15) is 0 Å². The van der Waals surface area contributed by atoms with Crippen LogP contribution in [0.5, 0.6) is 0 Å². The summed E-state index contributed by atoms with van der Waals surface area (Å²) >= 11 is 1.42. The number of carbonyl (C=O) groups is 2. The number of carbonyl (C=O) groups excluding carboxylic acids is 1. The molecule has 1 aromatic carbocycles. The fourth-order valence-electron chi connectivity index (χ4n) is 2.05. The lowest BCUT2D eigenvalue weighted by Crippen LogP contribution is -2.11. The molecule has 1 aromatic heterocycles. The Morgan fingerprint density at radius 2 is 1.95 bits per heavy atom. The number of rotatable bonds is 6. The third kappa shape index (κ3) is 4.14. The highest BCUT2D eigenvalue weighted by Crippen LogP contribution is 2.21. The van der Waals surface area contributed by atoms with Crippen LogP contribution in [0, 0.1) is 6.92 Å². The molecule has 0 bridgehead atoms. The summed E-state index contributed by atoms with van der Waals surface area (Å²) in [5, 5.41) is 12.5. The molecule has 0 fully saturated rings. The molecule has 5 nitrogen and oxygen atoms in total. The number of amides is 1. The summed E-state index contributed by atoms with van der Waals surface area (Å²) in [5.74, 6) is -1.05. The molecule has 0 saturated heterocycles. The van der Waals surface area contributed by atoms with E-state index in [0.29, 0.717) is 16.1 Å². The second kappa shape index (κ2) is 7.17. The van der Waals surface area contributed by atoms with Crippen molar-refractivity contribution < 1.29 is 14.7 Å². The molecule has 22 heavy (non-hydrogen) atoms. The number of anilines is 1. The van der Waals surface area contributed by atoms with E-state index < -0.39 is 5.97 Å². The third-order valence-electron chi connectivity index (χ3n) is 3.08. The molecule has 2 rings (SSSR count). The van der Waals surface area contributed by atoms with E-state index in [2.05, 4.69) is 17.2 Å². The highest BCUT2D eigenvalue weighted by molar-refractivity contribution is 7.13. The van der Waals surface area contributed by atoms with Crippen molar-refractivity contribution >= 4 is 28.9 Å². The van der Waals surface area contributed by atoms with Crippen LogP contribution in [0.4, 0.5) is 5.69 Å². The first-order chi connectivity index (χ1) is 10.5. The maximum atomic E-state index is 12.3. The number of benzene rings is 1. The van der Waals surface area contributed by atoms with Crippen LogP contribution >= 0.6 is 11.3 Å². The minimum absolute atomic E-state index is 0.0252. The molecule has 0 atom stereocenters. The fraction of sp³-hybridized carbons (Fsp3) is 0.312. The molecule has 0 unspecified atom stereocenters. The first kappa shape index (κ1) is 16.2. The van der Waals surface area contributed by atoms with Gasteiger partial charge in [0.2, 0.25) is 0 Å². The van der Waals surface area contributed by atoms with Crippen LogP contribution in [0.15, 0.2) is 24.3 Å². The van der Waals surface area contributed by atoms with Crippen LogP contribution in [0.2, 0.25) is 0 Å². The van der Waals surface area contributed by atoms with Crippen molar-refractivity contribution in [1.29, 1.82) is 0 Å². The van der Waals surface area contributed by atoms with Gasteiger partial charge in [-0.15, -0.1) is 11.3 Å². The van der Waals surface area contributed by atoms with Crippen molar-refractivity contribution in [3.8, 4) is 0 Å². The van der Waals surface area contributed by atoms with Gasteiger partial charge in [0.05, 0.1) is 17.1 Å². The molecular weight excluding hydrogens is 300 g/mol. The Kier molecular flexibility index (Phi) is 5.27. The second-order valence-corrected chi connectivity index (χ2v) is 6.08. The Hall–Kier alpha value is -2.21. The van der Waals surface area contributed by atoms with Crippen molar-refractivity contribution in [3.05, 3.63) is 45.4 Å². The summed E-state index contributed by atoms with van der Waals surface area (Å²) in [7, 11) is 0. The van der Waals surface area contributed by atoms with Gasteiger partial charge in [-0.25, -0.2) is 4.98 Å². The predicted molar refractivity (Wildman–Crippen MR) is 86.6 cm³/mol. The van der Waals surface area contributed by atoms with E-state index in [9.17, 15) is 9.59 Å². The summed E-state index contributed by atoms with van der Waals surface area (Å²) in [6.07, 6.45) is 1.85. The van der Waals surface area contributed by atoms with Crippen molar-refractivity contribution in [2.24, 2.45) is 0 Å². The number of nitrogens with zero attached hydrogens (tertiary/aromatic N) is 1. The monoisotopic (exact) mass is 318 g/mol. The Bertz CT molecular complexity index is 677. The molecule has 2 aromatic rings. The maximum absolute atomic E-state index is 12.3. The van der Waals surface area contributed by atoms with E-state index in [-0.39, 0.29) is 12.3 Å². The highest BCUT2D eigenvalue weighted by atomic mass is 32.1. The molecule has 0 saturated carbocycles. The third-order valence-corrected chi connectivity index (χ3v) is 4.29. The fourth-order valence-corrected chi connectivity index (χ4v) is 3.11. The molecule has 0 spiro atoms. The Balaban J connectivity index is 2.06. The molecule has 6 heteroatoms. The summed E-state index contributed by atoms with van der Waals surface area (Å²) in [6.45, 7) is 3.91. The molecular formula is C16H18N2O3S. The zero-order valence-corrected chi connectivity index (χ0v) is 13.4. The van der Waals surface area contributed by atoms with Crippen LogP contribution in [-0.4, -0.2) is 22.0 Å². The number of nitrogens with one attached hydrogen (secondary N) is 1. The molecule has 2 N–H and O–H groups in total. The Morgan fingerprint density at radius 3 is 2.55 bits per heavy atom. The Morgan fingerprint density at radius 1 is 1.27 bits per heavy atom. The second-order valence-electron chi connectivity index (χ2n) is 4.99. The lowest BCUT2D eigenvalue weighted by Gasteiger charge is -2.05. The van der Waals surface area contributed by atoms with Crippen LogP contribution in [-0.2, 0) is 17.6 Å². The van der Waals surface area contributed by atoms with Gasteiger partial charge in [0.25, 0.3) is 5.91 Å². The lowest BCUT2D eigenvalue weighted by atomic mass is 10.1. The number of carboxylic acids is 1. The standard InChI is InChI=1S/C16H18N2O3S/c1-3-4-13-17-10(2)15(22-13)16(21)18-12-7-5-11(6-8-12)9-14(19)20/h5-8H,3-4,9H2,1-2H3,(H,18,21)(H,19,20). The normalized spacial score (nSPS) is 10.5. The number of hydrogen-bond acceptors (Lipinski definition) is 4. The smallest absolute Gasteiger partial charge is 0.307 e. The molecule has 1 heterocycles. The topological polar surface area (TPSA) is 79.3 Å². The number of aliphatic carboxylic acids is 1. The average Bonchev–Trinajstić information content (AvgIpc) is 2.82. The van der Waals surface area contributed by atoms with Crippen LogP contribution in [0.25, 0.3) is 0 Å². The number of aromatic nitrogens is 1. The SMILES string of the molecule is CCCc1nc(C)c(C(=O)Nc2ccc(CC(=O)O)cc2)s1. The van der Waals surface area contributed by atoms with Gasteiger partial charge >= 0.3 is 5.97 Å². The molecule has 0 aliphatic rings. The lowest BCUT2D eigenvalue weighted by molar-refractivity contribution is -0.136. The summed E-state index contributed by atoms with van der Waals surface area (Å²) in [4.78, 5) is 27.9. The summed E-state index contributed by atoms with van der Waals surface area (Å²) in [5.41, 5.74) is 2.09. The van der Waals surface area contributed by atoms with Crippen molar-refractivity contribution in [2.45, 2.75) is 33.1 Å². The first-order valence-electron chi connectivity index (χ1n) is 7.08. The van der Waals surface area contributed by atoms with Crippen molar-refractivity contribution in [1.82, 2.24) is 4.98 Å².